The highest BCUT2D eigenvalue weighted by atomic mass is 19.4. The van der Waals surface area contributed by atoms with Gasteiger partial charge in [0.2, 0.25) is 5.56 Å². The zero-order valence-electron chi connectivity index (χ0n) is 13.0. The fraction of sp³-hybridized carbons (Fsp3) is 0.294. The molecule has 1 aliphatic rings. The van der Waals surface area contributed by atoms with Gasteiger partial charge in [0.15, 0.2) is 0 Å². The van der Waals surface area contributed by atoms with E-state index in [1.54, 1.807) is 0 Å². The number of carbonyl (C=O) groups excluding carboxylic acids is 1. The Morgan fingerprint density at radius 1 is 1.20 bits per heavy atom. The van der Waals surface area contributed by atoms with Crippen LogP contribution < -0.4 is 5.56 Å². The number of aromatic amines is 1. The number of amides is 1. The lowest BCUT2D eigenvalue weighted by Gasteiger charge is -2.27. The van der Waals surface area contributed by atoms with E-state index in [0.29, 0.717) is 0 Å². The van der Waals surface area contributed by atoms with Crippen LogP contribution in [0.2, 0.25) is 0 Å². The molecule has 1 aromatic heterocycles. The summed E-state index contributed by atoms with van der Waals surface area (Å²) in [7, 11) is 0. The molecule has 1 aromatic carbocycles. The molecule has 2 N–H and O–H groups in total. The molecule has 0 spiro atoms. The maximum atomic E-state index is 13.3. The van der Waals surface area contributed by atoms with Crippen LogP contribution in [0.4, 0.5) is 13.2 Å². The Balaban J connectivity index is 2.00. The average molecular weight is 352 g/mol. The number of pyridine rings is 1. The standard InChI is InChI=1S/C17H15F3N2O3/c18-17(19,20)13-4-2-1-3-12(13)14-7-11(23)9-22(14)16(25)10-5-6-15(24)21-8-10/h1-6,8,11,14,23H,7,9H2,(H,21,24)/t11-,14-/m0/s1. The second kappa shape index (κ2) is 6.36. The number of likely N-dealkylation sites (tertiary alicyclic amines) is 1. The minimum absolute atomic E-state index is 0.0161. The molecule has 0 aliphatic carbocycles. The van der Waals surface area contributed by atoms with Crippen molar-refractivity contribution in [3.8, 4) is 0 Å². The van der Waals surface area contributed by atoms with Crippen molar-refractivity contribution < 1.29 is 23.1 Å². The van der Waals surface area contributed by atoms with E-state index in [0.717, 1.165) is 6.07 Å². The molecule has 1 fully saturated rings. The molecule has 0 saturated carbocycles. The van der Waals surface area contributed by atoms with Crippen molar-refractivity contribution >= 4 is 5.91 Å². The number of aromatic nitrogens is 1. The summed E-state index contributed by atoms with van der Waals surface area (Å²) in [6, 6.07) is 6.61. The monoisotopic (exact) mass is 352 g/mol. The summed E-state index contributed by atoms with van der Waals surface area (Å²) in [6.45, 7) is -0.0746. The van der Waals surface area contributed by atoms with Crippen LogP contribution in [0.25, 0.3) is 0 Å². The van der Waals surface area contributed by atoms with Gasteiger partial charge in [0.05, 0.1) is 23.3 Å². The van der Waals surface area contributed by atoms with Crippen molar-refractivity contribution in [1.29, 1.82) is 0 Å². The zero-order chi connectivity index (χ0) is 18.2. The molecule has 25 heavy (non-hydrogen) atoms. The third-order valence-corrected chi connectivity index (χ3v) is 4.20. The van der Waals surface area contributed by atoms with Gasteiger partial charge in [-0.3, -0.25) is 9.59 Å². The number of nitrogens with one attached hydrogen (secondary N) is 1. The van der Waals surface area contributed by atoms with Gasteiger partial charge >= 0.3 is 6.18 Å². The largest absolute Gasteiger partial charge is 0.416 e. The molecule has 0 radical (unpaired) electrons. The zero-order valence-corrected chi connectivity index (χ0v) is 13.0. The Morgan fingerprint density at radius 3 is 2.56 bits per heavy atom. The Labute approximate surface area is 140 Å². The predicted molar refractivity (Wildman–Crippen MR) is 82.9 cm³/mol. The van der Waals surface area contributed by atoms with Crippen LogP contribution in [0.5, 0.6) is 0 Å². The molecule has 0 bridgehead atoms. The number of alkyl halides is 3. The SMILES string of the molecule is O=C(c1ccc(=O)[nH]c1)N1C[C@@H](O)C[C@H]1c1ccccc1C(F)(F)F. The van der Waals surface area contributed by atoms with E-state index in [1.165, 1.54) is 41.4 Å². The molecule has 2 heterocycles. The maximum absolute atomic E-state index is 13.3. The molecular weight excluding hydrogens is 337 g/mol. The van der Waals surface area contributed by atoms with Crippen LogP contribution in [0.3, 0.4) is 0 Å². The maximum Gasteiger partial charge on any atom is 0.416 e. The molecule has 3 rings (SSSR count). The highest BCUT2D eigenvalue weighted by Gasteiger charge is 2.41. The van der Waals surface area contributed by atoms with Gasteiger partial charge in [-0.1, -0.05) is 18.2 Å². The van der Waals surface area contributed by atoms with Crippen molar-refractivity contribution in [3.63, 3.8) is 0 Å². The van der Waals surface area contributed by atoms with Crippen LogP contribution in [-0.2, 0) is 6.18 Å². The highest BCUT2D eigenvalue weighted by Crippen LogP contribution is 2.40. The third kappa shape index (κ3) is 3.43. The van der Waals surface area contributed by atoms with Gasteiger partial charge in [-0.05, 0) is 24.1 Å². The quantitative estimate of drug-likeness (QED) is 0.871. The molecule has 132 valence electrons. The number of rotatable bonds is 2. The van der Waals surface area contributed by atoms with E-state index in [-0.39, 0.29) is 24.1 Å². The van der Waals surface area contributed by atoms with Gasteiger partial charge in [0, 0.05) is 18.8 Å². The second-order valence-electron chi connectivity index (χ2n) is 5.89. The van der Waals surface area contributed by atoms with Crippen LogP contribution in [0.1, 0.15) is 33.9 Å². The summed E-state index contributed by atoms with van der Waals surface area (Å²) in [6.07, 6.45) is -4.25. The number of benzene rings is 1. The van der Waals surface area contributed by atoms with E-state index in [2.05, 4.69) is 4.98 Å². The number of H-pyrrole nitrogens is 1. The van der Waals surface area contributed by atoms with E-state index < -0.39 is 35.4 Å². The molecule has 2 atom stereocenters. The second-order valence-corrected chi connectivity index (χ2v) is 5.89. The molecule has 8 heteroatoms. The fourth-order valence-corrected chi connectivity index (χ4v) is 3.09. The number of aliphatic hydroxyl groups excluding tert-OH is 1. The lowest BCUT2D eigenvalue weighted by Crippen LogP contribution is -2.33. The molecule has 1 saturated heterocycles. The van der Waals surface area contributed by atoms with E-state index in [4.69, 9.17) is 0 Å². The summed E-state index contributed by atoms with van der Waals surface area (Å²) in [4.78, 5) is 27.3. The smallest absolute Gasteiger partial charge is 0.391 e. The van der Waals surface area contributed by atoms with Gasteiger partial charge in [0.1, 0.15) is 0 Å². The molecule has 1 aliphatic heterocycles. The van der Waals surface area contributed by atoms with E-state index in [9.17, 15) is 27.9 Å². The average Bonchev–Trinajstić information content (AvgIpc) is 2.96. The van der Waals surface area contributed by atoms with Crippen LogP contribution in [0, 0.1) is 0 Å². The normalized spacial score (nSPS) is 20.7. The lowest BCUT2D eigenvalue weighted by molar-refractivity contribution is -0.138. The van der Waals surface area contributed by atoms with Crippen LogP contribution in [-0.4, -0.2) is 33.5 Å². The van der Waals surface area contributed by atoms with Gasteiger partial charge in [-0.25, -0.2) is 0 Å². The number of hydrogen-bond donors (Lipinski definition) is 2. The Bertz CT molecular complexity index is 827. The number of nitrogens with zero attached hydrogens (tertiary/aromatic N) is 1. The first-order valence-electron chi connectivity index (χ1n) is 7.61. The van der Waals surface area contributed by atoms with E-state index >= 15 is 0 Å². The van der Waals surface area contributed by atoms with Gasteiger partial charge in [-0.15, -0.1) is 0 Å². The van der Waals surface area contributed by atoms with Crippen molar-refractivity contribution in [3.05, 3.63) is 69.6 Å². The number of hydrogen-bond acceptors (Lipinski definition) is 3. The van der Waals surface area contributed by atoms with Crippen LogP contribution in [0.15, 0.2) is 47.4 Å². The minimum atomic E-state index is -4.56. The number of halogens is 3. The fourth-order valence-electron chi connectivity index (χ4n) is 3.09. The topological polar surface area (TPSA) is 73.4 Å². The number of carbonyl (C=O) groups is 1. The van der Waals surface area contributed by atoms with Crippen molar-refractivity contribution in [1.82, 2.24) is 9.88 Å². The van der Waals surface area contributed by atoms with E-state index in [1.807, 2.05) is 0 Å². The highest BCUT2D eigenvalue weighted by molar-refractivity contribution is 5.94. The summed E-state index contributed by atoms with van der Waals surface area (Å²) in [5.74, 6) is -0.547. The first-order valence-corrected chi connectivity index (χ1v) is 7.61. The predicted octanol–water partition coefficient (Wildman–Crippen LogP) is 2.34. The van der Waals surface area contributed by atoms with Crippen molar-refractivity contribution in [2.75, 3.05) is 6.54 Å². The van der Waals surface area contributed by atoms with Gasteiger partial charge in [0.25, 0.3) is 5.91 Å². The molecule has 0 unspecified atom stereocenters. The number of aliphatic hydroxyl groups is 1. The minimum Gasteiger partial charge on any atom is -0.391 e. The van der Waals surface area contributed by atoms with Gasteiger partial charge in [-0.2, -0.15) is 13.2 Å². The summed E-state index contributed by atoms with van der Waals surface area (Å²) < 4.78 is 39.9. The Kier molecular flexibility index (Phi) is 4.38. The van der Waals surface area contributed by atoms with Crippen molar-refractivity contribution in [2.45, 2.75) is 24.7 Å². The summed E-state index contributed by atoms with van der Waals surface area (Å²) >= 11 is 0. The number of β-amino-alcohol motifs (C(OH)–C–C–N with tert-alkyl or cyclic N) is 1. The molecule has 2 aromatic rings. The van der Waals surface area contributed by atoms with Gasteiger partial charge < -0.3 is 15.0 Å². The first kappa shape index (κ1) is 17.2. The Morgan fingerprint density at radius 2 is 1.92 bits per heavy atom. The first-order chi connectivity index (χ1) is 11.8. The lowest BCUT2D eigenvalue weighted by atomic mass is 9.97. The third-order valence-electron chi connectivity index (χ3n) is 4.20. The van der Waals surface area contributed by atoms with Crippen molar-refractivity contribution in [2.24, 2.45) is 0 Å². The Hall–Kier alpha value is -2.61. The molecular formula is C17H15F3N2O3. The molecule has 1 amide bonds. The van der Waals surface area contributed by atoms with Crippen LogP contribution >= 0.6 is 0 Å². The summed E-state index contributed by atoms with van der Waals surface area (Å²) in [5.41, 5.74) is -1.13. The summed E-state index contributed by atoms with van der Waals surface area (Å²) in [5, 5.41) is 9.93. The molecule has 5 nitrogen and oxygen atoms in total.